The van der Waals surface area contributed by atoms with Crippen molar-refractivity contribution in [1.29, 1.82) is 0 Å². The third-order valence-corrected chi connectivity index (χ3v) is 3.65. The van der Waals surface area contributed by atoms with Gasteiger partial charge < -0.3 is 10.5 Å². The van der Waals surface area contributed by atoms with Crippen LogP contribution in [-0.2, 0) is 0 Å². The number of hydrogen-bond donors (Lipinski definition) is 2. The predicted octanol–water partition coefficient (Wildman–Crippen LogP) is 3.38. The lowest BCUT2D eigenvalue weighted by Crippen LogP contribution is -2.01. The van der Waals surface area contributed by atoms with E-state index in [1.807, 2.05) is 5.38 Å². The van der Waals surface area contributed by atoms with E-state index in [2.05, 4.69) is 19.9 Å². The van der Waals surface area contributed by atoms with E-state index < -0.39 is 6.61 Å². The highest BCUT2D eigenvalue weighted by Gasteiger charge is 2.11. The molecule has 0 bridgehead atoms. The molecule has 3 aromatic rings. The number of ether oxygens (including phenoxy) is 1. The van der Waals surface area contributed by atoms with Crippen molar-refractivity contribution in [2.75, 3.05) is 5.73 Å². The van der Waals surface area contributed by atoms with Gasteiger partial charge in [-0.1, -0.05) is 0 Å². The topological polar surface area (TPSA) is 76.8 Å². The number of nitrogens with two attached hydrogens (primary N) is 1. The Morgan fingerprint density at radius 3 is 2.62 bits per heavy atom. The molecule has 0 aliphatic rings. The van der Waals surface area contributed by atoms with E-state index in [4.69, 9.17) is 5.73 Å². The minimum absolute atomic E-state index is 0.114. The van der Waals surface area contributed by atoms with E-state index in [0.717, 1.165) is 21.8 Å². The molecule has 8 heteroatoms. The summed E-state index contributed by atoms with van der Waals surface area (Å²) in [5, 5.41) is 9.10. The quantitative estimate of drug-likeness (QED) is 0.774. The van der Waals surface area contributed by atoms with Crippen molar-refractivity contribution in [1.82, 2.24) is 15.2 Å². The molecule has 0 saturated carbocycles. The van der Waals surface area contributed by atoms with Gasteiger partial charge in [-0.05, 0) is 24.3 Å². The fourth-order valence-electron chi connectivity index (χ4n) is 1.80. The average Bonchev–Trinajstić information content (AvgIpc) is 3.07. The van der Waals surface area contributed by atoms with Gasteiger partial charge in [0.05, 0.1) is 17.5 Å². The van der Waals surface area contributed by atoms with E-state index in [9.17, 15) is 8.78 Å². The van der Waals surface area contributed by atoms with Crippen LogP contribution in [0.4, 0.5) is 14.6 Å². The maximum atomic E-state index is 12.1. The second-order valence-electron chi connectivity index (χ2n) is 4.14. The number of nitrogens with zero attached hydrogens (tertiary/aromatic N) is 2. The Balaban J connectivity index is 1.85. The lowest BCUT2D eigenvalue weighted by molar-refractivity contribution is -0.0498. The lowest BCUT2D eigenvalue weighted by atomic mass is 10.2. The molecule has 108 valence electrons. The van der Waals surface area contributed by atoms with Crippen molar-refractivity contribution in [3.05, 3.63) is 35.8 Å². The van der Waals surface area contributed by atoms with Gasteiger partial charge in [0.25, 0.3) is 0 Å². The maximum Gasteiger partial charge on any atom is 0.387 e. The van der Waals surface area contributed by atoms with Gasteiger partial charge in [0.2, 0.25) is 0 Å². The van der Waals surface area contributed by atoms with E-state index in [0.29, 0.717) is 5.82 Å². The van der Waals surface area contributed by atoms with Crippen molar-refractivity contribution >= 4 is 17.2 Å². The SMILES string of the molecule is Nc1[nH]ncc1-c1nc(-c2ccc(OC(F)F)cc2)cs1. The Labute approximate surface area is 122 Å². The number of nitrogen functional groups attached to an aromatic ring is 1. The molecule has 1 aromatic carbocycles. The van der Waals surface area contributed by atoms with Crippen LogP contribution in [0.15, 0.2) is 35.8 Å². The molecule has 0 fully saturated rings. The summed E-state index contributed by atoms with van der Waals surface area (Å²) in [6.07, 6.45) is 1.61. The average molecular weight is 308 g/mol. The van der Waals surface area contributed by atoms with E-state index in [1.165, 1.54) is 23.5 Å². The Hall–Kier alpha value is -2.48. The molecule has 0 amide bonds. The van der Waals surface area contributed by atoms with Crippen LogP contribution < -0.4 is 10.5 Å². The minimum atomic E-state index is -2.83. The zero-order chi connectivity index (χ0) is 14.8. The Bertz CT molecular complexity index is 739. The van der Waals surface area contributed by atoms with Crippen LogP contribution in [0.1, 0.15) is 0 Å². The fourth-order valence-corrected chi connectivity index (χ4v) is 2.66. The number of hydrogen-bond acceptors (Lipinski definition) is 5. The first-order chi connectivity index (χ1) is 10.1. The summed E-state index contributed by atoms with van der Waals surface area (Å²) >= 11 is 1.43. The van der Waals surface area contributed by atoms with Gasteiger partial charge in [-0.25, -0.2) is 4.98 Å². The molecular weight excluding hydrogens is 298 g/mol. The van der Waals surface area contributed by atoms with Crippen LogP contribution in [0.3, 0.4) is 0 Å². The summed E-state index contributed by atoms with van der Waals surface area (Å²) in [5.41, 5.74) is 8.03. The number of nitrogens with one attached hydrogen (secondary N) is 1. The van der Waals surface area contributed by atoms with Crippen LogP contribution >= 0.6 is 11.3 Å². The highest BCUT2D eigenvalue weighted by Crippen LogP contribution is 2.31. The fraction of sp³-hybridized carbons (Fsp3) is 0.0769. The third-order valence-electron chi connectivity index (χ3n) is 2.78. The molecule has 5 nitrogen and oxygen atoms in total. The molecule has 0 atom stereocenters. The first kappa shape index (κ1) is 13.5. The standard InChI is InChI=1S/C13H10F2N4OS/c14-13(15)20-8-3-1-7(2-4-8)10-6-21-12(18-10)9-5-17-19-11(9)16/h1-6,13H,(H3,16,17,19). The van der Waals surface area contributed by atoms with Crippen molar-refractivity contribution in [3.8, 4) is 27.6 Å². The number of rotatable bonds is 4. The lowest BCUT2D eigenvalue weighted by Gasteiger charge is -2.04. The van der Waals surface area contributed by atoms with Gasteiger partial charge in [0.15, 0.2) is 0 Å². The molecule has 0 aliphatic heterocycles. The maximum absolute atomic E-state index is 12.1. The van der Waals surface area contributed by atoms with Crippen LogP contribution in [-0.4, -0.2) is 21.8 Å². The van der Waals surface area contributed by atoms with Crippen LogP contribution in [0.5, 0.6) is 5.75 Å². The summed E-state index contributed by atoms with van der Waals surface area (Å²) in [6, 6.07) is 6.31. The third kappa shape index (κ3) is 2.84. The zero-order valence-corrected chi connectivity index (χ0v) is 11.4. The Morgan fingerprint density at radius 2 is 2.00 bits per heavy atom. The predicted molar refractivity (Wildman–Crippen MR) is 76.2 cm³/mol. The highest BCUT2D eigenvalue weighted by atomic mass is 32.1. The largest absolute Gasteiger partial charge is 0.435 e. The van der Waals surface area contributed by atoms with Crippen LogP contribution in [0, 0.1) is 0 Å². The van der Waals surface area contributed by atoms with Gasteiger partial charge in [0, 0.05) is 10.9 Å². The van der Waals surface area contributed by atoms with E-state index in [1.54, 1.807) is 18.3 Å². The van der Waals surface area contributed by atoms with Gasteiger partial charge in [-0.3, -0.25) is 5.10 Å². The van der Waals surface area contributed by atoms with Crippen LogP contribution in [0.25, 0.3) is 21.8 Å². The van der Waals surface area contributed by atoms with Gasteiger partial charge in [-0.2, -0.15) is 13.9 Å². The summed E-state index contributed by atoms with van der Waals surface area (Å²) in [7, 11) is 0. The molecule has 2 heterocycles. The first-order valence-electron chi connectivity index (χ1n) is 5.93. The molecular formula is C13H10F2N4OS. The monoisotopic (exact) mass is 308 g/mol. The second-order valence-corrected chi connectivity index (χ2v) is 5.00. The molecule has 0 radical (unpaired) electrons. The number of aromatic amines is 1. The number of benzene rings is 1. The molecule has 0 unspecified atom stereocenters. The van der Waals surface area contributed by atoms with E-state index in [-0.39, 0.29) is 5.75 Å². The summed E-state index contributed by atoms with van der Waals surface area (Å²) in [5.74, 6) is 0.569. The van der Waals surface area contributed by atoms with Crippen LogP contribution in [0.2, 0.25) is 0 Å². The van der Waals surface area contributed by atoms with Crippen molar-refractivity contribution in [2.45, 2.75) is 6.61 Å². The second kappa shape index (κ2) is 5.49. The summed E-state index contributed by atoms with van der Waals surface area (Å²) < 4.78 is 28.5. The normalized spacial score (nSPS) is 11.0. The van der Waals surface area contributed by atoms with Crippen molar-refractivity contribution in [2.24, 2.45) is 0 Å². The smallest absolute Gasteiger partial charge is 0.387 e. The minimum Gasteiger partial charge on any atom is -0.435 e. The molecule has 21 heavy (non-hydrogen) atoms. The Kier molecular flexibility index (Phi) is 3.53. The van der Waals surface area contributed by atoms with Crippen molar-refractivity contribution in [3.63, 3.8) is 0 Å². The molecule has 3 N–H and O–H groups in total. The zero-order valence-electron chi connectivity index (χ0n) is 10.6. The summed E-state index contributed by atoms with van der Waals surface area (Å²) in [6.45, 7) is -2.83. The van der Waals surface area contributed by atoms with Gasteiger partial charge in [0.1, 0.15) is 16.6 Å². The first-order valence-corrected chi connectivity index (χ1v) is 6.81. The van der Waals surface area contributed by atoms with E-state index >= 15 is 0 Å². The number of halogens is 2. The summed E-state index contributed by atoms with van der Waals surface area (Å²) in [4.78, 5) is 4.46. The molecule has 2 aromatic heterocycles. The molecule has 0 saturated heterocycles. The van der Waals surface area contributed by atoms with Gasteiger partial charge in [-0.15, -0.1) is 11.3 Å². The highest BCUT2D eigenvalue weighted by molar-refractivity contribution is 7.13. The number of alkyl halides is 2. The Morgan fingerprint density at radius 1 is 1.24 bits per heavy atom. The molecule has 0 aliphatic carbocycles. The number of aromatic nitrogens is 3. The van der Waals surface area contributed by atoms with Gasteiger partial charge >= 0.3 is 6.61 Å². The molecule has 0 spiro atoms. The number of anilines is 1. The number of H-pyrrole nitrogens is 1. The van der Waals surface area contributed by atoms with Crippen molar-refractivity contribution < 1.29 is 13.5 Å². The molecule has 3 rings (SSSR count). The number of thiazole rings is 1.